The van der Waals surface area contributed by atoms with Gasteiger partial charge in [-0.15, -0.1) is 0 Å². The van der Waals surface area contributed by atoms with Crippen molar-refractivity contribution in [2.75, 3.05) is 44.2 Å². The number of fused-ring (bicyclic) bond motifs is 1. The number of anilines is 2. The van der Waals surface area contributed by atoms with E-state index in [9.17, 15) is 14.0 Å². The van der Waals surface area contributed by atoms with Gasteiger partial charge in [-0.25, -0.2) is 4.39 Å². The first-order valence-electron chi connectivity index (χ1n) is 16.6. The van der Waals surface area contributed by atoms with Gasteiger partial charge in [0.25, 0.3) is 0 Å². The number of ether oxygens (including phenoxy) is 3. The van der Waals surface area contributed by atoms with Crippen LogP contribution in [0.3, 0.4) is 0 Å². The van der Waals surface area contributed by atoms with Gasteiger partial charge in [0.2, 0.25) is 5.91 Å². The number of methoxy groups -OCH3 is 2. The highest BCUT2D eigenvalue weighted by Crippen LogP contribution is 2.36. The number of nitrogens with one attached hydrogen (secondary N) is 1. The second-order valence-corrected chi connectivity index (χ2v) is 12.9. The molecule has 0 spiro atoms. The lowest BCUT2D eigenvalue weighted by atomic mass is 9.87. The Hall–Kier alpha value is -3.82. The zero-order valence-electron chi connectivity index (χ0n) is 29.4. The van der Waals surface area contributed by atoms with Gasteiger partial charge < -0.3 is 29.3 Å². The molecule has 0 atom stereocenters. The van der Waals surface area contributed by atoms with E-state index in [4.69, 9.17) is 21.1 Å². The number of nitrogens with zero attached hydrogens (tertiary/aromatic N) is 2. The fraction of sp³-hybridized carbons (Fsp3) is 0.474. The van der Waals surface area contributed by atoms with E-state index < -0.39 is 0 Å². The monoisotopic (exact) mass is 683 g/mol. The summed E-state index contributed by atoms with van der Waals surface area (Å²) in [7, 11) is 4.85. The first-order valence-corrected chi connectivity index (χ1v) is 17.0. The number of halogens is 2. The van der Waals surface area contributed by atoms with Gasteiger partial charge in [0.15, 0.2) is 11.5 Å². The summed E-state index contributed by atoms with van der Waals surface area (Å²) in [6, 6.07) is 18.7. The van der Waals surface area contributed by atoms with Crippen molar-refractivity contribution < 1.29 is 28.2 Å². The molecule has 5 rings (SSSR count). The van der Waals surface area contributed by atoms with Crippen LogP contribution in [0.5, 0.6) is 11.5 Å². The van der Waals surface area contributed by atoms with Crippen LogP contribution in [0.15, 0.2) is 60.7 Å². The Bertz CT molecular complexity index is 1460. The van der Waals surface area contributed by atoms with Crippen molar-refractivity contribution in [2.24, 2.45) is 5.92 Å². The molecule has 1 N–H and O–H groups in total. The van der Waals surface area contributed by atoms with Gasteiger partial charge in [-0.2, -0.15) is 0 Å². The van der Waals surface area contributed by atoms with Crippen LogP contribution in [0.1, 0.15) is 64.5 Å². The minimum absolute atomic E-state index is 0.00507. The molecule has 1 amide bonds. The van der Waals surface area contributed by atoms with Gasteiger partial charge in [0.05, 0.1) is 45.5 Å². The molecule has 10 heteroatoms. The predicted molar refractivity (Wildman–Crippen MR) is 192 cm³/mol. The van der Waals surface area contributed by atoms with Crippen LogP contribution in [-0.2, 0) is 27.3 Å². The molecule has 0 saturated heterocycles. The van der Waals surface area contributed by atoms with Crippen molar-refractivity contribution in [3.63, 3.8) is 0 Å². The Kier molecular flexibility index (Phi) is 15.5. The Morgan fingerprint density at radius 2 is 1.69 bits per heavy atom. The maximum atomic E-state index is 14.6. The molecule has 3 aromatic rings. The summed E-state index contributed by atoms with van der Waals surface area (Å²) in [5.74, 6) is 1.56. The van der Waals surface area contributed by atoms with E-state index in [-0.39, 0.29) is 30.2 Å². The number of hydrogen-bond donors (Lipinski definition) is 1. The maximum absolute atomic E-state index is 14.6. The van der Waals surface area contributed by atoms with Crippen LogP contribution >= 0.6 is 11.6 Å². The van der Waals surface area contributed by atoms with Crippen molar-refractivity contribution >= 4 is 34.9 Å². The smallest absolute Gasteiger partial charge is 0.319 e. The van der Waals surface area contributed by atoms with Crippen molar-refractivity contribution in [1.82, 2.24) is 5.32 Å². The number of benzene rings is 3. The molecule has 1 aliphatic heterocycles. The molecular formula is C38H51ClFN3O5. The number of carbonyl (C=O) groups excluding carboxylic acids is 2. The lowest BCUT2D eigenvalue weighted by Gasteiger charge is -2.30. The second-order valence-electron chi connectivity index (χ2n) is 12.5. The van der Waals surface area contributed by atoms with E-state index >= 15 is 0 Å². The van der Waals surface area contributed by atoms with Crippen LogP contribution < -0.4 is 24.6 Å². The maximum Gasteiger partial charge on any atom is 0.319 e. The highest BCUT2D eigenvalue weighted by atomic mass is 35.5. The quantitative estimate of drug-likeness (QED) is 0.230. The zero-order valence-corrected chi connectivity index (χ0v) is 30.1. The van der Waals surface area contributed by atoms with Gasteiger partial charge in [-0.3, -0.25) is 9.59 Å². The van der Waals surface area contributed by atoms with E-state index in [1.807, 2.05) is 75.2 Å². The molecule has 1 fully saturated rings. The van der Waals surface area contributed by atoms with Gasteiger partial charge in [0.1, 0.15) is 5.82 Å². The molecule has 0 aromatic heterocycles. The second kappa shape index (κ2) is 19.2. The molecule has 8 nitrogen and oxygen atoms in total. The summed E-state index contributed by atoms with van der Waals surface area (Å²) in [4.78, 5) is 27.0. The summed E-state index contributed by atoms with van der Waals surface area (Å²) in [5.41, 5.74) is 2.97. The van der Waals surface area contributed by atoms with Crippen LogP contribution in [0.4, 0.5) is 15.8 Å². The van der Waals surface area contributed by atoms with E-state index in [0.717, 1.165) is 22.1 Å². The van der Waals surface area contributed by atoms with E-state index in [2.05, 4.69) is 17.0 Å². The Labute approximate surface area is 290 Å². The van der Waals surface area contributed by atoms with Crippen LogP contribution in [-0.4, -0.2) is 58.4 Å². The number of hydrogen-bond acceptors (Lipinski definition) is 7. The SMILES string of the molecule is CCN(C)c1ccc(N2Cc3cc(OC(C)C)c(OC)cc3CC2=O)cc1F.COC(=O)CNC1CCC(C)CC1.Clc1ccccc1. The molecule has 1 aliphatic carbocycles. The number of esters is 1. The fourth-order valence-corrected chi connectivity index (χ4v) is 5.68. The Morgan fingerprint density at radius 3 is 2.23 bits per heavy atom. The lowest BCUT2D eigenvalue weighted by Crippen LogP contribution is -2.36. The van der Waals surface area contributed by atoms with Crippen molar-refractivity contribution in [2.45, 2.75) is 78.5 Å². The predicted octanol–water partition coefficient (Wildman–Crippen LogP) is 7.83. The molecule has 0 unspecified atom stereocenters. The summed E-state index contributed by atoms with van der Waals surface area (Å²) in [6.07, 6.45) is 5.19. The molecule has 0 radical (unpaired) electrons. The summed E-state index contributed by atoms with van der Waals surface area (Å²) in [6.45, 7) is 9.58. The number of carbonyl (C=O) groups is 2. The Balaban J connectivity index is 0.000000255. The molecule has 2 aliphatic rings. The minimum Gasteiger partial charge on any atom is -0.493 e. The van der Waals surface area contributed by atoms with Crippen LogP contribution in [0.25, 0.3) is 0 Å². The Morgan fingerprint density at radius 1 is 1.02 bits per heavy atom. The zero-order chi connectivity index (χ0) is 35.2. The normalized spacial score (nSPS) is 16.9. The van der Waals surface area contributed by atoms with E-state index in [1.54, 1.807) is 24.1 Å². The van der Waals surface area contributed by atoms with Gasteiger partial charge in [-0.1, -0.05) is 36.7 Å². The van der Waals surface area contributed by atoms with Crippen LogP contribution in [0.2, 0.25) is 5.02 Å². The molecule has 1 heterocycles. The van der Waals surface area contributed by atoms with Crippen molar-refractivity contribution in [3.8, 4) is 11.5 Å². The van der Waals surface area contributed by atoms with Crippen molar-refractivity contribution in [3.05, 3.63) is 82.6 Å². The van der Waals surface area contributed by atoms with Gasteiger partial charge in [-0.05, 0) is 106 Å². The molecule has 262 valence electrons. The highest BCUT2D eigenvalue weighted by molar-refractivity contribution is 6.30. The third-order valence-electron chi connectivity index (χ3n) is 8.46. The molecule has 1 saturated carbocycles. The minimum atomic E-state index is -0.334. The summed E-state index contributed by atoms with van der Waals surface area (Å²) < 4.78 is 30.4. The first-order chi connectivity index (χ1) is 22.9. The lowest BCUT2D eigenvalue weighted by molar-refractivity contribution is -0.139. The van der Waals surface area contributed by atoms with Gasteiger partial charge >= 0.3 is 5.97 Å². The standard InChI is InChI=1S/C22H27FN2O3.C10H19NO2.C6H5Cl/c1-6-24(4)19-8-7-17(12-18(19)23)25-13-16-10-21(28-14(2)3)20(27-5)9-15(16)11-22(25)26;1-8-3-5-9(6-4-8)11-7-10(12)13-2;7-6-4-2-1-3-5-6/h7-10,12,14H,6,11,13H2,1-5H3;8-9,11H,3-7H2,1-2H3;1-5H. The highest BCUT2D eigenvalue weighted by Gasteiger charge is 2.27. The van der Waals surface area contributed by atoms with Gasteiger partial charge in [0, 0.05) is 30.3 Å². The van der Waals surface area contributed by atoms with E-state index in [1.165, 1.54) is 38.9 Å². The molecule has 48 heavy (non-hydrogen) atoms. The van der Waals surface area contributed by atoms with Crippen LogP contribution in [0, 0.1) is 11.7 Å². The first kappa shape index (κ1) is 38.6. The summed E-state index contributed by atoms with van der Waals surface area (Å²) in [5, 5.41) is 4.01. The van der Waals surface area contributed by atoms with Crippen molar-refractivity contribution in [1.29, 1.82) is 0 Å². The number of rotatable bonds is 9. The molecule has 3 aromatic carbocycles. The largest absolute Gasteiger partial charge is 0.493 e. The third-order valence-corrected chi connectivity index (χ3v) is 8.71. The topological polar surface area (TPSA) is 80.3 Å². The summed E-state index contributed by atoms with van der Waals surface area (Å²) >= 11 is 5.54. The van der Waals surface area contributed by atoms with E-state index in [0.29, 0.717) is 48.5 Å². The number of amides is 1. The average Bonchev–Trinajstić information content (AvgIpc) is 3.07. The third kappa shape index (κ3) is 11.7. The fourth-order valence-electron chi connectivity index (χ4n) is 5.54. The molecule has 0 bridgehead atoms. The average molecular weight is 684 g/mol. The molecular weight excluding hydrogens is 633 g/mol.